The standard InChI is InChI=1S/C37H24Br2O2/c38-30-20-16-25(17-21-30)32(26-18-22-31(39)23-19-26)24-33-34(35(40)27-10-4-1-5-11-27)37(29-14-8-3-9-15-29)41-36(33)28-12-6-2-7-13-28/h1-24H. The third kappa shape index (κ3) is 5.81. The van der Waals surface area contributed by atoms with Crippen molar-refractivity contribution in [2.24, 2.45) is 0 Å². The first kappa shape index (κ1) is 26.9. The molecule has 0 fully saturated rings. The molecule has 0 saturated carbocycles. The van der Waals surface area contributed by atoms with Gasteiger partial charge in [0, 0.05) is 31.2 Å². The van der Waals surface area contributed by atoms with Crippen LogP contribution in [0.4, 0.5) is 0 Å². The normalized spacial score (nSPS) is 10.8. The predicted molar refractivity (Wildman–Crippen MR) is 175 cm³/mol. The minimum Gasteiger partial charge on any atom is -0.455 e. The lowest BCUT2D eigenvalue weighted by Crippen LogP contribution is -2.04. The van der Waals surface area contributed by atoms with Crippen LogP contribution >= 0.6 is 31.9 Å². The lowest BCUT2D eigenvalue weighted by molar-refractivity contribution is 0.103. The average Bonchev–Trinajstić information content (AvgIpc) is 3.41. The predicted octanol–water partition coefficient (Wildman–Crippen LogP) is 11.0. The minimum absolute atomic E-state index is 0.0902. The van der Waals surface area contributed by atoms with Crippen LogP contribution in [0.25, 0.3) is 34.3 Å². The lowest BCUT2D eigenvalue weighted by atomic mass is 9.90. The topological polar surface area (TPSA) is 30.2 Å². The molecule has 0 saturated heterocycles. The van der Waals surface area contributed by atoms with E-state index in [1.54, 1.807) is 0 Å². The molecule has 6 aromatic rings. The maximum Gasteiger partial charge on any atom is 0.197 e. The molecule has 5 aromatic carbocycles. The van der Waals surface area contributed by atoms with Crippen molar-refractivity contribution in [1.82, 2.24) is 0 Å². The molecule has 6 rings (SSSR count). The Hall–Kier alpha value is -4.25. The third-order valence-electron chi connectivity index (χ3n) is 6.88. The fourth-order valence-corrected chi connectivity index (χ4v) is 5.40. The van der Waals surface area contributed by atoms with E-state index in [4.69, 9.17) is 4.42 Å². The first-order chi connectivity index (χ1) is 20.1. The van der Waals surface area contributed by atoms with Gasteiger partial charge >= 0.3 is 0 Å². The molecule has 0 aliphatic carbocycles. The van der Waals surface area contributed by atoms with Crippen LogP contribution in [-0.4, -0.2) is 5.78 Å². The Balaban J connectivity index is 1.70. The molecule has 2 nitrogen and oxygen atoms in total. The van der Waals surface area contributed by atoms with E-state index in [1.165, 1.54) is 0 Å². The summed E-state index contributed by atoms with van der Waals surface area (Å²) in [5, 5.41) is 0. The molecule has 1 aromatic heterocycles. The van der Waals surface area contributed by atoms with E-state index in [0.717, 1.165) is 42.3 Å². The molecule has 0 N–H and O–H groups in total. The monoisotopic (exact) mass is 658 g/mol. The Morgan fingerprint density at radius 1 is 0.512 bits per heavy atom. The van der Waals surface area contributed by atoms with Crippen LogP contribution in [0.5, 0.6) is 0 Å². The lowest BCUT2D eigenvalue weighted by Gasteiger charge is -2.11. The van der Waals surface area contributed by atoms with Crippen molar-refractivity contribution in [2.75, 3.05) is 0 Å². The second-order valence-electron chi connectivity index (χ2n) is 9.55. The van der Waals surface area contributed by atoms with Crippen molar-refractivity contribution in [2.45, 2.75) is 0 Å². The number of furan rings is 1. The summed E-state index contributed by atoms with van der Waals surface area (Å²) < 4.78 is 8.68. The number of benzene rings is 5. The van der Waals surface area contributed by atoms with Gasteiger partial charge in [-0.2, -0.15) is 0 Å². The van der Waals surface area contributed by atoms with Gasteiger partial charge in [-0.15, -0.1) is 0 Å². The van der Waals surface area contributed by atoms with E-state index in [2.05, 4.69) is 62.2 Å². The van der Waals surface area contributed by atoms with Crippen molar-refractivity contribution < 1.29 is 9.21 Å². The molecule has 41 heavy (non-hydrogen) atoms. The highest BCUT2D eigenvalue weighted by molar-refractivity contribution is 9.10. The summed E-state index contributed by atoms with van der Waals surface area (Å²) in [4.78, 5) is 14.3. The second-order valence-corrected chi connectivity index (χ2v) is 11.4. The molecule has 0 amide bonds. The van der Waals surface area contributed by atoms with E-state index in [1.807, 2.05) is 115 Å². The van der Waals surface area contributed by atoms with Gasteiger partial charge in [-0.1, -0.05) is 147 Å². The number of halogens is 2. The van der Waals surface area contributed by atoms with E-state index in [-0.39, 0.29) is 5.78 Å². The quantitative estimate of drug-likeness (QED) is 0.160. The zero-order chi connectivity index (χ0) is 28.2. The summed E-state index contributed by atoms with van der Waals surface area (Å²) in [7, 11) is 0. The zero-order valence-electron chi connectivity index (χ0n) is 21.9. The molecule has 4 heteroatoms. The molecule has 0 aliphatic rings. The summed E-state index contributed by atoms with van der Waals surface area (Å²) in [5.41, 5.74) is 6.65. The number of ketones is 1. The van der Waals surface area contributed by atoms with Gasteiger partial charge in [-0.25, -0.2) is 0 Å². The van der Waals surface area contributed by atoms with Gasteiger partial charge in [-0.3, -0.25) is 4.79 Å². The van der Waals surface area contributed by atoms with E-state index < -0.39 is 0 Å². The number of rotatable bonds is 7. The van der Waals surface area contributed by atoms with Gasteiger partial charge in [0.1, 0.15) is 11.5 Å². The van der Waals surface area contributed by atoms with Gasteiger partial charge in [0.05, 0.1) is 5.56 Å². The SMILES string of the molecule is O=C(c1ccccc1)c1c(-c2ccccc2)oc(-c2ccccc2)c1C=C(c1ccc(Br)cc1)c1ccc(Br)cc1. The molecule has 0 bridgehead atoms. The van der Waals surface area contributed by atoms with Gasteiger partial charge in [-0.05, 0) is 47.0 Å². The molecule has 0 atom stereocenters. The van der Waals surface area contributed by atoms with Crippen molar-refractivity contribution in [3.8, 4) is 22.6 Å². The van der Waals surface area contributed by atoms with Crippen molar-refractivity contribution in [1.29, 1.82) is 0 Å². The second kappa shape index (κ2) is 12.1. The van der Waals surface area contributed by atoms with Crippen molar-refractivity contribution in [3.63, 3.8) is 0 Å². The molecule has 198 valence electrons. The smallest absolute Gasteiger partial charge is 0.197 e. The highest BCUT2D eigenvalue weighted by Gasteiger charge is 2.27. The molecule has 0 aliphatic heterocycles. The van der Waals surface area contributed by atoms with E-state index in [0.29, 0.717) is 22.6 Å². The van der Waals surface area contributed by atoms with Crippen LogP contribution in [0.15, 0.2) is 153 Å². The van der Waals surface area contributed by atoms with Crippen LogP contribution in [0.2, 0.25) is 0 Å². The number of hydrogen-bond acceptors (Lipinski definition) is 2. The summed E-state index contributed by atoms with van der Waals surface area (Å²) in [5.74, 6) is 1.11. The number of carbonyl (C=O) groups is 1. The highest BCUT2D eigenvalue weighted by atomic mass is 79.9. The Morgan fingerprint density at radius 3 is 1.44 bits per heavy atom. The molecular weight excluding hydrogens is 636 g/mol. The first-order valence-corrected chi connectivity index (χ1v) is 14.8. The van der Waals surface area contributed by atoms with Gasteiger partial charge in [0.2, 0.25) is 0 Å². The van der Waals surface area contributed by atoms with Crippen LogP contribution in [0.3, 0.4) is 0 Å². The fourth-order valence-electron chi connectivity index (χ4n) is 4.87. The molecule has 0 radical (unpaired) electrons. The largest absolute Gasteiger partial charge is 0.455 e. The van der Waals surface area contributed by atoms with Gasteiger partial charge < -0.3 is 4.42 Å². The minimum atomic E-state index is -0.0902. The maximum atomic E-state index is 14.3. The number of hydrogen-bond donors (Lipinski definition) is 0. The first-order valence-electron chi connectivity index (χ1n) is 13.2. The van der Waals surface area contributed by atoms with Crippen LogP contribution < -0.4 is 0 Å². The van der Waals surface area contributed by atoms with E-state index >= 15 is 0 Å². The number of carbonyl (C=O) groups excluding carboxylic acids is 1. The van der Waals surface area contributed by atoms with Crippen molar-refractivity contribution in [3.05, 3.63) is 176 Å². The Labute approximate surface area is 256 Å². The molecule has 0 spiro atoms. The average molecular weight is 660 g/mol. The Bertz CT molecular complexity index is 1770. The van der Waals surface area contributed by atoms with Crippen molar-refractivity contribution >= 4 is 49.3 Å². The summed E-state index contributed by atoms with van der Waals surface area (Å²) in [6, 6.07) is 45.6. The zero-order valence-corrected chi connectivity index (χ0v) is 25.1. The van der Waals surface area contributed by atoms with Crippen LogP contribution in [0.1, 0.15) is 32.6 Å². The molecule has 0 unspecified atom stereocenters. The van der Waals surface area contributed by atoms with Crippen LogP contribution in [0, 0.1) is 0 Å². The summed E-state index contributed by atoms with van der Waals surface area (Å²) in [6.45, 7) is 0. The Morgan fingerprint density at radius 2 is 0.951 bits per heavy atom. The van der Waals surface area contributed by atoms with Crippen LogP contribution in [-0.2, 0) is 0 Å². The van der Waals surface area contributed by atoms with E-state index in [9.17, 15) is 4.79 Å². The van der Waals surface area contributed by atoms with Gasteiger partial charge in [0.15, 0.2) is 5.78 Å². The molecular formula is C37H24Br2O2. The maximum absolute atomic E-state index is 14.3. The highest BCUT2D eigenvalue weighted by Crippen LogP contribution is 2.41. The fraction of sp³-hybridized carbons (Fsp3) is 0. The summed E-state index contributed by atoms with van der Waals surface area (Å²) >= 11 is 7.14. The van der Waals surface area contributed by atoms with Gasteiger partial charge in [0.25, 0.3) is 0 Å². The summed E-state index contributed by atoms with van der Waals surface area (Å²) in [6.07, 6.45) is 2.10. The molecule has 1 heterocycles. The Kier molecular flexibility index (Phi) is 7.95. The third-order valence-corrected chi connectivity index (χ3v) is 7.94.